The molecule has 1 fully saturated rings. The van der Waals surface area contributed by atoms with Gasteiger partial charge in [0, 0.05) is 30.7 Å². The first kappa shape index (κ1) is 43.9. The quantitative estimate of drug-likeness (QED) is 0.0494. The molecule has 2 amide bonds. The van der Waals surface area contributed by atoms with E-state index in [0.717, 1.165) is 29.0 Å². The molecule has 2 aromatic heterocycles. The molecule has 52 heavy (non-hydrogen) atoms. The van der Waals surface area contributed by atoms with Crippen molar-refractivity contribution in [1.29, 1.82) is 0 Å². The van der Waals surface area contributed by atoms with Crippen molar-refractivity contribution in [1.82, 2.24) is 30.2 Å². The number of rotatable bonds is 20. The van der Waals surface area contributed by atoms with Crippen molar-refractivity contribution in [2.75, 3.05) is 44.4 Å². The van der Waals surface area contributed by atoms with Gasteiger partial charge in [0.1, 0.15) is 42.9 Å². The maximum absolute atomic E-state index is 12.6. The number of fused-ring (bicyclic) bond motifs is 1. The topological polar surface area (TPSA) is 384 Å². The van der Waals surface area contributed by atoms with Crippen LogP contribution in [-0.2, 0) is 50.7 Å². The SMILES string of the molecule is CC(C)(COP(=O)(O)OP(=O)(O)OCC1OC(n2cnc3c(N)ncnc32)C(O)C1OP(=O)(O)O)C(O)C(=O)NCCC(=O)NCCSC(=O)CO. The summed E-state index contributed by atoms with van der Waals surface area (Å²) in [5, 5.41) is 34.3. The second-order valence-electron chi connectivity index (χ2n) is 11.4. The summed E-state index contributed by atoms with van der Waals surface area (Å²) in [7, 11) is -16.4. The minimum absolute atomic E-state index is 0.0254. The molecule has 0 saturated carbocycles. The number of hydrogen-bond acceptors (Lipinski definition) is 19. The average Bonchev–Trinajstić information content (AvgIpc) is 3.60. The van der Waals surface area contributed by atoms with Crippen molar-refractivity contribution in [2.24, 2.45) is 5.41 Å². The predicted molar refractivity (Wildman–Crippen MR) is 174 cm³/mol. The number of nitrogens with zero attached hydrogens (tertiary/aromatic N) is 4. The van der Waals surface area contributed by atoms with Crippen molar-refractivity contribution in [3.63, 3.8) is 0 Å². The number of nitrogens with one attached hydrogen (secondary N) is 2. The van der Waals surface area contributed by atoms with E-state index in [0.29, 0.717) is 0 Å². The molecule has 0 aliphatic carbocycles. The molecule has 3 rings (SSSR count). The number of aliphatic hydroxyl groups is 3. The first-order valence-electron chi connectivity index (χ1n) is 14.7. The Morgan fingerprint density at radius 1 is 1.08 bits per heavy atom. The van der Waals surface area contributed by atoms with Crippen molar-refractivity contribution < 1.29 is 85.6 Å². The smallest absolute Gasteiger partial charge is 0.388 e. The number of aromatic nitrogens is 4. The van der Waals surface area contributed by atoms with Gasteiger partial charge in [-0.05, 0) is 0 Å². The highest BCUT2D eigenvalue weighted by molar-refractivity contribution is 8.13. The minimum atomic E-state index is -5.57. The normalized spacial score (nSPS) is 22.4. The molecule has 1 aliphatic heterocycles. The van der Waals surface area contributed by atoms with E-state index in [1.165, 1.54) is 13.8 Å². The fourth-order valence-electron chi connectivity index (χ4n) is 4.34. The number of imidazole rings is 1. The van der Waals surface area contributed by atoms with Crippen LogP contribution in [0.4, 0.5) is 5.82 Å². The summed E-state index contributed by atoms with van der Waals surface area (Å²) in [5.74, 6) is -1.32. The number of carbonyl (C=O) groups is 3. The lowest BCUT2D eigenvalue weighted by atomic mass is 9.87. The van der Waals surface area contributed by atoms with E-state index in [-0.39, 0.29) is 42.2 Å². The van der Waals surface area contributed by atoms with Gasteiger partial charge in [-0.25, -0.2) is 28.6 Å². The van der Waals surface area contributed by atoms with Gasteiger partial charge in [-0.2, -0.15) is 4.31 Å². The first-order chi connectivity index (χ1) is 24.1. The van der Waals surface area contributed by atoms with Gasteiger partial charge < -0.3 is 56.0 Å². The number of anilines is 1. The van der Waals surface area contributed by atoms with Crippen LogP contribution in [0.1, 0.15) is 26.5 Å². The number of hydrogen-bond donors (Lipinski definition) is 10. The van der Waals surface area contributed by atoms with Crippen molar-refractivity contribution in [3.8, 4) is 0 Å². The summed E-state index contributed by atoms with van der Waals surface area (Å²) < 4.78 is 61.8. The highest BCUT2D eigenvalue weighted by atomic mass is 32.2. The van der Waals surface area contributed by atoms with Crippen LogP contribution in [0.25, 0.3) is 11.2 Å². The van der Waals surface area contributed by atoms with Crippen LogP contribution in [0, 0.1) is 5.41 Å². The van der Waals surface area contributed by atoms with Crippen LogP contribution < -0.4 is 16.4 Å². The molecule has 0 aromatic carbocycles. The third-order valence-electron chi connectivity index (χ3n) is 6.89. The van der Waals surface area contributed by atoms with Gasteiger partial charge in [0.05, 0.1) is 19.5 Å². The van der Waals surface area contributed by atoms with Gasteiger partial charge >= 0.3 is 23.5 Å². The molecule has 3 heterocycles. The summed E-state index contributed by atoms with van der Waals surface area (Å²) in [5.41, 5.74) is 4.23. The number of amides is 2. The van der Waals surface area contributed by atoms with Gasteiger partial charge in [0.15, 0.2) is 17.7 Å². The molecule has 11 N–H and O–H groups in total. The third-order valence-corrected chi connectivity index (χ3v) is 10.9. The summed E-state index contributed by atoms with van der Waals surface area (Å²) in [6.45, 7) is -0.321. The maximum Gasteiger partial charge on any atom is 0.481 e. The number of nitrogen functional groups attached to an aromatic ring is 1. The molecule has 1 aliphatic rings. The van der Waals surface area contributed by atoms with Gasteiger partial charge in [0.25, 0.3) is 0 Å². The zero-order chi connectivity index (χ0) is 39.1. The highest BCUT2D eigenvalue weighted by Gasteiger charge is 2.50. The van der Waals surface area contributed by atoms with Crippen LogP contribution >= 0.6 is 35.2 Å². The van der Waals surface area contributed by atoms with E-state index in [1.807, 2.05) is 0 Å². The Morgan fingerprint density at radius 3 is 2.40 bits per heavy atom. The molecule has 0 spiro atoms. The summed E-state index contributed by atoms with van der Waals surface area (Å²) in [4.78, 5) is 86.1. The Hall–Kier alpha value is -2.48. The zero-order valence-corrected chi connectivity index (χ0v) is 30.7. The molecule has 29 heteroatoms. The van der Waals surface area contributed by atoms with E-state index in [1.54, 1.807) is 0 Å². The van der Waals surface area contributed by atoms with Gasteiger partial charge in [-0.3, -0.25) is 32.5 Å². The molecule has 294 valence electrons. The number of phosphoric ester groups is 3. The number of nitrogens with two attached hydrogens (primary N) is 1. The maximum atomic E-state index is 12.6. The largest absolute Gasteiger partial charge is 0.481 e. The number of aliphatic hydroxyl groups excluding tert-OH is 3. The lowest BCUT2D eigenvalue weighted by molar-refractivity contribution is -0.137. The van der Waals surface area contributed by atoms with Crippen LogP contribution in [-0.4, -0.2) is 134 Å². The number of ether oxygens (including phenoxy) is 1. The van der Waals surface area contributed by atoms with E-state index >= 15 is 0 Å². The third kappa shape index (κ3) is 12.8. The minimum Gasteiger partial charge on any atom is -0.388 e. The monoisotopic (exact) mass is 825 g/mol. The Kier molecular flexibility index (Phi) is 15.4. The summed E-state index contributed by atoms with van der Waals surface area (Å²) in [6.07, 6.45) is -6.99. The molecular weight excluding hydrogens is 787 g/mol. The van der Waals surface area contributed by atoms with Gasteiger partial charge in [-0.1, -0.05) is 25.6 Å². The first-order valence-corrected chi connectivity index (χ1v) is 20.2. The van der Waals surface area contributed by atoms with E-state index < -0.39 is 96.3 Å². The Labute approximate surface area is 298 Å². The van der Waals surface area contributed by atoms with Crippen molar-refractivity contribution >= 4 is 69.1 Å². The summed E-state index contributed by atoms with van der Waals surface area (Å²) >= 11 is 0.820. The molecule has 7 unspecified atom stereocenters. The number of phosphoric acid groups is 3. The Morgan fingerprint density at radius 2 is 1.75 bits per heavy atom. The lowest BCUT2D eigenvalue weighted by Gasteiger charge is -2.30. The molecule has 1 saturated heterocycles. The summed E-state index contributed by atoms with van der Waals surface area (Å²) in [6, 6.07) is 0. The Balaban J connectivity index is 1.54. The van der Waals surface area contributed by atoms with Gasteiger partial charge in [-0.15, -0.1) is 0 Å². The number of thioether (sulfide) groups is 1. The zero-order valence-electron chi connectivity index (χ0n) is 27.2. The molecule has 0 bridgehead atoms. The predicted octanol–water partition coefficient (Wildman–Crippen LogP) is -2.34. The second-order valence-corrected chi connectivity index (χ2v) is 16.8. The van der Waals surface area contributed by atoms with Crippen LogP contribution in [0.15, 0.2) is 12.7 Å². The molecule has 0 radical (unpaired) electrons. The van der Waals surface area contributed by atoms with Crippen LogP contribution in [0.2, 0.25) is 0 Å². The highest BCUT2D eigenvalue weighted by Crippen LogP contribution is 2.61. The van der Waals surface area contributed by atoms with E-state index in [2.05, 4.69) is 34.4 Å². The fourth-order valence-corrected chi connectivity index (χ4v) is 7.69. The van der Waals surface area contributed by atoms with Gasteiger partial charge in [0.2, 0.25) is 16.9 Å². The van der Waals surface area contributed by atoms with E-state index in [9.17, 15) is 57.9 Å². The van der Waals surface area contributed by atoms with Crippen LogP contribution in [0.3, 0.4) is 0 Å². The standard InChI is InChI=1S/C23H38N7O18P3S/c1-23(2,18(35)21(36)26-4-3-13(32)25-5-6-52-14(33)7-31)9-45-51(42,43)48-50(40,41)44-8-12-17(47-49(37,38)39)16(34)22(46-12)30-11-29-15-19(24)27-10-28-20(15)30/h10-12,16-18,22,31,34-35H,3-9H2,1-2H3,(H,25,32)(H,26,36)(H,40,41)(H,42,43)(H2,24,27,28)(H2,37,38,39). The molecule has 7 atom stereocenters. The number of carbonyl (C=O) groups excluding carboxylic acids is 3. The van der Waals surface area contributed by atoms with Crippen molar-refractivity contribution in [3.05, 3.63) is 12.7 Å². The fraction of sp³-hybridized carbons (Fsp3) is 0.652. The van der Waals surface area contributed by atoms with Crippen molar-refractivity contribution in [2.45, 2.75) is 50.9 Å². The molecular formula is C23H38N7O18P3S. The second kappa shape index (κ2) is 18.2. The Bertz CT molecular complexity index is 1730. The molecule has 25 nitrogen and oxygen atoms in total. The average molecular weight is 826 g/mol. The van der Waals surface area contributed by atoms with E-state index in [4.69, 9.17) is 24.6 Å². The van der Waals surface area contributed by atoms with Crippen LogP contribution in [0.5, 0.6) is 0 Å². The lowest BCUT2D eigenvalue weighted by Crippen LogP contribution is -2.46. The molecule has 2 aromatic rings.